The molecule has 36 heavy (non-hydrogen) atoms. The molecule has 0 spiro atoms. The molecular weight excluding hydrogens is 488 g/mol. The molecule has 0 bridgehead atoms. The van der Waals surface area contributed by atoms with E-state index in [1.807, 2.05) is 0 Å². The van der Waals surface area contributed by atoms with Crippen LogP contribution in [0.1, 0.15) is 6.92 Å². The average molecular weight is 518 g/mol. The Hall–Kier alpha value is -1.69. The van der Waals surface area contributed by atoms with Gasteiger partial charge in [0.05, 0.1) is 37.1 Å². The Kier molecular flexibility index (Phi) is 7.12. The highest BCUT2D eigenvalue weighted by atomic mass is 16.8. The van der Waals surface area contributed by atoms with Gasteiger partial charge in [0.2, 0.25) is 6.29 Å². The molecule has 4 aliphatic heterocycles. The summed E-state index contributed by atoms with van der Waals surface area (Å²) in [6.07, 6.45) is -12.9. The molecule has 0 radical (unpaired) electrons. The summed E-state index contributed by atoms with van der Waals surface area (Å²) in [6.45, 7) is 0.724. The van der Waals surface area contributed by atoms with Gasteiger partial charge in [-0.3, -0.25) is 0 Å². The van der Waals surface area contributed by atoms with Gasteiger partial charge in [0.1, 0.15) is 48.8 Å². The highest BCUT2D eigenvalue weighted by molar-refractivity contribution is 5.92. The van der Waals surface area contributed by atoms with Crippen molar-refractivity contribution in [3.05, 3.63) is 23.5 Å². The molecule has 0 saturated carbocycles. The van der Waals surface area contributed by atoms with Crippen molar-refractivity contribution in [2.75, 3.05) is 13.2 Å². The Balaban J connectivity index is 1.33. The molecule has 14 heteroatoms. The number of esters is 1. The molecule has 0 aromatic carbocycles. The average Bonchev–Trinajstić information content (AvgIpc) is 3.38. The zero-order valence-corrected chi connectivity index (χ0v) is 19.1. The van der Waals surface area contributed by atoms with Crippen LogP contribution in [0.2, 0.25) is 0 Å². The molecule has 0 unspecified atom stereocenters. The van der Waals surface area contributed by atoms with Crippen molar-refractivity contribution in [1.82, 2.24) is 0 Å². The van der Waals surface area contributed by atoms with Crippen molar-refractivity contribution < 1.29 is 69.0 Å². The maximum absolute atomic E-state index is 12.2. The van der Waals surface area contributed by atoms with Gasteiger partial charge in [0, 0.05) is 5.92 Å². The van der Waals surface area contributed by atoms with E-state index in [9.17, 15) is 40.5 Å². The summed E-state index contributed by atoms with van der Waals surface area (Å²) in [5.74, 6) is -1.75. The molecule has 3 saturated heterocycles. The standard InChI is InChI=1S/C22H30O14/c1-6-13(24)15(26)17(28)21(33-6)31-4-7-2-9-12-8(19(30)34-9)5-32-20(11(7)12)36-22-18(29)16(27)14(25)10(3-23)35-22/h2,5-6,9-18,20-29H,3-4H2,1H3/t6-,9-,10+,11+,12-,13-,14+,15+,16-,17+,18+,20-,21+,22-/m0/s1. The van der Waals surface area contributed by atoms with Crippen molar-refractivity contribution in [2.24, 2.45) is 11.8 Å². The van der Waals surface area contributed by atoms with E-state index in [2.05, 4.69) is 0 Å². The van der Waals surface area contributed by atoms with E-state index in [-0.39, 0.29) is 12.2 Å². The van der Waals surface area contributed by atoms with Gasteiger partial charge in [-0.2, -0.15) is 0 Å². The number of aliphatic hydroxyl groups is 7. The lowest BCUT2D eigenvalue weighted by molar-refractivity contribution is -0.340. The Morgan fingerprint density at radius 3 is 2.28 bits per heavy atom. The van der Waals surface area contributed by atoms with Crippen molar-refractivity contribution in [1.29, 1.82) is 0 Å². The molecule has 0 aromatic rings. The minimum Gasteiger partial charge on any atom is -0.471 e. The van der Waals surface area contributed by atoms with Crippen LogP contribution < -0.4 is 0 Å². The Morgan fingerprint density at radius 1 is 0.861 bits per heavy atom. The number of ether oxygens (including phenoxy) is 6. The van der Waals surface area contributed by atoms with Crippen LogP contribution in [0.3, 0.4) is 0 Å². The fraction of sp³-hybridized carbons (Fsp3) is 0.773. The smallest absolute Gasteiger partial charge is 0.338 e. The molecule has 1 aliphatic carbocycles. The third kappa shape index (κ3) is 4.25. The molecule has 4 heterocycles. The van der Waals surface area contributed by atoms with Crippen LogP contribution in [0.5, 0.6) is 0 Å². The quantitative estimate of drug-likeness (QED) is 0.132. The van der Waals surface area contributed by atoms with Crippen LogP contribution >= 0.6 is 0 Å². The van der Waals surface area contributed by atoms with Gasteiger partial charge in [0.15, 0.2) is 12.6 Å². The summed E-state index contributed by atoms with van der Waals surface area (Å²) in [5, 5.41) is 70.1. The number of hydrogen-bond acceptors (Lipinski definition) is 14. The van der Waals surface area contributed by atoms with Gasteiger partial charge in [0.25, 0.3) is 0 Å². The lowest BCUT2D eigenvalue weighted by Gasteiger charge is -2.42. The topological polar surface area (TPSA) is 214 Å². The van der Waals surface area contributed by atoms with Gasteiger partial charge < -0.3 is 64.2 Å². The predicted molar refractivity (Wildman–Crippen MR) is 111 cm³/mol. The van der Waals surface area contributed by atoms with Gasteiger partial charge >= 0.3 is 5.97 Å². The zero-order valence-electron chi connectivity index (χ0n) is 19.1. The predicted octanol–water partition coefficient (Wildman–Crippen LogP) is -4.01. The van der Waals surface area contributed by atoms with Crippen LogP contribution in [-0.2, 0) is 33.2 Å². The molecule has 7 N–H and O–H groups in total. The molecule has 14 atom stereocenters. The number of carbonyl (C=O) groups excluding carboxylic acids is 1. The molecule has 3 fully saturated rings. The second kappa shape index (κ2) is 9.89. The fourth-order valence-corrected chi connectivity index (χ4v) is 5.26. The highest BCUT2D eigenvalue weighted by Gasteiger charge is 2.56. The van der Waals surface area contributed by atoms with E-state index < -0.39 is 98.2 Å². The first-order valence-corrected chi connectivity index (χ1v) is 11.7. The Labute approximate surface area is 204 Å². The van der Waals surface area contributed by atoms with Crippen molar-refractivity contribution in [3.8, 4) is 0 Å². The molecule has 5 aliphatic rings. The maximum Gasteiger partial charge on any atom is 0.338 e. The van der Waals surface area contributed by atoms with Gasteiger partial charge in [-0.25, -0.2) is 4.79 Å². The third-order valence-electron chi connectivity index (χ3n) is 7.35. The molecule has 5 rings (SSSR count). The van der Waals surface area contributed by atoms with Crippen molar-refractivity contribution in [2.45, 2.75) is 80.7 Å². The van der Waals surface area contributed by atoms with E-state index in [0.29, 0.717) is 5.57 Å². The van der Waals surface area contributed by atoms with Gasteiger partial charge in [-0.1, -0.05) is 0 Å². The summed E-state index contributed by atoms with van der Waals surface area (Å²) < 4.78 is 33.5. The van der Waals surface area contributed by atoms with E-state index in [1.54, 1.807) is 6.08 Å². The first-order chi connectivity index (χ1) is 17.1. The fourth-order valence-electron chi connectivity index (χ4n) is 5.26. The van der Waals surface area contributed by atoms with Crippen LogP contribution in [0.25, 0.3) is 0 Å². The molecule has 202 valence electrons. The van der Waals surface area contributed by atoms with Crippen LogP contribution in [0, 0.1) is 11.8 Å². The number of aliphatic hydroxyl groups excluding tert-OH is 7. The molecular formula is C22H30O14. The van der Waals surface area contributed by atoms with Crippen LogP contribution in [-0.4, -0.2) is 129 Å². The first-order valence-electron chi connectivity index (χ1n) is 11.7. The summed E-state index contributed by atoms with van der Waals surface area (Å²) >= 11 is 0. The molecule has 0 amide bonds. The minimum atomic E-state index is -1.67. The van der Waals surface area contributed by atoms with Crippen molar-refractivity contribution in [3.63, 3.8) is 0 Å². The number of carbonyl (C=O) groups is 1. The summed E-state index contributed by atoms with van der Waals surface area (Å²) in [5.41, 5.74) is 0.813. The zero-order chi connectivity index (χ0) is 25.9. The lowest BCUT2D eigenvalue weighted by atomic mass is 9.84. The Bertz CT molecular complexity index is 905. The number of hydrogen-bond donors (Lipinski definition) is 7. The van der Waals surface area contributed by atoms with E-state index in [1.165, 1.54) is 13.2 Å². The largest absolute Gasteiger partial charge is 0.471 e. The third-order valence-corrected chi connectivity index (χ3v) is 7.35. The number of rotatable bonds is 6. The van der Waals surface area contributed by atoms with E-state index in [0.717, 1.165) is 0 Å². The first kappa shape index (κ1) is 25.9. The molecule has 0 aromatic heterocycles. The summed E-state index contributed by atoms with van der Waals surface area (Å²) in [7, 11) is 0. The second-order valence-corrected chi connectivity index (χ2v) is 9.57. The maximum atomic E-state index is 12.2. The summed E-state index contributed by atoms with van der Waals surface area (Å²) in [6, 6.07) is 0. The summed E-state index contributed by atoms with van der Waals surface area (Å²) in [4.78, 5) is 12.2. The van der Waals surface area contributed by atoms with E-state index in [4.69, 9.17) is 28.4 Å². The SMILES string of the molecule is C[C@@H]1O[C@@H](OCC2=C[C@@H]3OC(=O)C4=CO[C@@H](O[C@@H]5O[C@H](CO)[C@@H](O)[C@H](O)[C@H]5O)[C@H]2[C@@H]43)[C@H](O)[C@H](O)[C@H]1O. The van der Waals surface area contributed by atoms with E-state index >= 15 is 0 Å². The van der Waals surface area contributed by atoms with Gasteiger partial charge in [-0.15, -0.1) is 0 Å². The second-order valence-electron chi connectivity index (χ2n) is 9.57. The van der Waals surface area contributed by atoms with Gasteiger partial charge in [-0.05, 0) is 18.6 Å². The Morgan fingerprint density at radius 2 is 1.56 bits per heavy atom. The normalized spacial score (nSPS) is 50.2. The highest BCUT2D eigenvalue weighted by Crippen LogP contribution is 2.49. The van der Waals surface area contributed by atoms with Crippen LogP contribution in [0.15, 0.2) is 23.5 Å². The monoisotopic (exact) mass is 518 g/mol. The lowest BCUT2D eigenvalue weighted by Crippen LogP contribution is -2.60. The molecule has 14 nitrogen and oxygen atoms in total. The van der Waals surface area contributed by atoms with Crippen molar-refractivity contribution >= 4 is 5.97 Å². The van der Waals surface area contributed by atoms with Crippen LogP contribution in [0.4, 0.5) is 0 Å². The minimum absolute atomic E-state index is 0.155.